The Bertz CT molecular complexity index is 551. The van der Waals surface area contributed by atoms with Gasteiger partial charge in [0.15, 0.2) is 6.61 Å². The molecule has 1 aliphatic heterocycles. The van der Waals surface area contributed by atoms with Crippen LogP contribution in [0.15, 0.2) is 18.2 Å². The Balaban J connectivity index is 1.66. The van der Waals surface area contributed by atoms with Crippen LogP contribution in [0.25, 0.3) is 0 Å². The first kappa shape index (κ1) is 14.2. The molecule has 1 atom stereocenters. The van der Waals surface area contributed by atoms with Gasteiger partial charge >= 0.3 is 0 Å². The van der Waals surface area contributed by atoms with Gasteiger partial charge in [-0.25, -0.2) is 0 Å². The van der Waals surface area contributed by atoms with Crippen LogP contribution >= 0.6 is 0 Å². The number of carbonyl (C=O) groups excluding carboxylic acids is 1. The number of nitrogens with one attached hydrogen (secondary N) is 1. The van der Waals surface area contributed by atoms with Gasteiger partial charge < -0.3 is 19.9 Å². The van der Waals surface area contributed by atoms with Crippen molar-refractivity contribution in [1.82, 2.24) is 5.32 Å². The molecule has 2 aliphatic rings. The number of carbonyl (C=O) groups is 1. The van der Waals surface area contributed by atoms with Crippen molar-refractivity contribution in [1.29, 1.82) is 0 Å². The second kappa shape index (κ2) is 5.22. The van der Waals surface area contributed by atoms with Gasteiger partial charge in [-0.2, -0.15) is 0 Å². The molecule has 1 heterocycles. The zero-order valence-corrected chi connectivity index (χ0v) is 12.4. The van der Waals surface area contributed by atoms with Crippen LogP contribution in [0.2, 0.25) is 0 Å². The Morgan fingerprint density at radius 2 is 2.24 bits per heavy atom. The number of fused-ring (bicyclic) bond motifs is 1. The number of hydrogen-bond acceptors (Lipinski definition) is 4. The van der Waals surface area contributed by atoms with Crippen molar-refractivity contribution in [3.63, 3.8) is 0 Å². The second-order valence-electron chi connectivity index (χ2n) is 6.41. The van der Waals surface area contributed by atoms with E-state index in [9.17, 15) is 9.90 Å². The molecule has 0 aromatic heterocycles. The van der Waals surface area contributed by atoms with Crippen LogP contribution in [0.4, 0.5) is 0 Å². The number of benzene rings is 1. The van der Waals surface area contributed by atoms with Gasteiger partial charge in [-0.3, -0.25) is 4.79 Å². The van der Waals surface area contributed by atoms with Crippen molar-refractivity contribution in [2.24, 2.45) is 0 Å². The highest BCUT2D eigenvalue weighted by Gasteiger charge is 2.32. The van der Waals surface area contributed by atoms with Crippen molar-refractivity contribution in [2.75, 3.05) is 6.61 Å². The molecule has 2 N–H and O–H groups in total. The highest BCUT2D eigenvalue weighted by atomic mass is 16.5. The van der Waals surface area contributed by atoms with Gasteiger partial charge in [0.25, 0.3) is 5.91 Å². The number of aliphatic hydroxyl groups is 1. The summed E-state index contributed by atoms with van der Waals surface area (Å²) in [6, 6.07) is 5.63. The Kier molecular flexibility index (Phi) is 3.53. The lowest BCUT2D eigenvalue weighted by atomic mass is 9.92. The van der Waals surface area contributed by atoms with Gasteiger partial charge in [-0.15, -0.1) is 0 Å². The topological polar surface area (TPSA) is 67.8 Å². The number of amides is 1. The highest BCUT2D eigenvalue weighted by molar-refractivity contribution is 5.78. The number of hydrogen-bond donors (Lipinski definition) is 2. The van der Waals surface area contributed by atoms with Crippen molar-refractivity contribution in [3.8, 4) is 11.5 Å². The van der Waals surface area contributed by atoms with Gasteiger partial charge in [0.2, 0.25) is 0 Å². The van der Waals surface area contributed by atoms with E-state index in [0.29, 0.717) is 24.0 Å². The van der Waals surface area contributed by atoms with E-state index < -0.39 is 11.7 Å². The molecule has 1 aliphatic carbocycles. The molecule has 1 saturated carbocycles. The molecule has 5 nitrogen and oxygen atoms in total. The Labute approximate surface area is 124 Å². The van der Waals surface area contributed by atoms with Crippen LogP contribution < -0.4 is 14.8 Å². The molecule has 0 spiro atoms. The molecular formula is C16H21NO4. The molecule has 1 unspecified atom stereocenters. The summed E-state index contributed by atoms with van der Waals surface area (Å²) < 4.78 is 11.4. The van der Waals surface area contributed by atoms with E-state index in [4.69, 9.17) is 9.47 Å². The molecule has 21 heavy (non-hydrogen) atoms. The fourth-order valence-corrected chi connectivity index (χ4v) is 2.53. The monoisotopic (exact) mass is 291 g/mol. The zero-order valence-electron chi connectivity index (χ0n) is 12.4. The third-order valence-electron chi connectivity index (χ3n) is 3.73. The van der Waals surface area contributed by atoms with Crippen molar-refractivity contribution in [2.45, 2.75) is 50.9 Å². The number of aliphatic hydroxyl groups excluding tert-OH is 1. The molecule has 1 amide bonds. The van der Waals surface area contributed by atoms with Crippen molar-refractivity contribution >= 4 is 5.91 Å². The van der Waals surface area contributed by atoms with Gasteiger partial charge in [0.05, 0.1) is 6.10 Å². The molecule has 0 saturated heterocycles. The molecule has 5 heteroatoms. The molecule has 0 radical (unpaired) electrons. The third kappa shape index (κ3) is 3.47. The first-order valence-electron chi connectivity index (χ1n) is 7.36. The lowest BCUT2D eigenvalue weighted by Crippen LogP contribution is -2.34. The quantitative estimate of drug-likeness (QED) is 0.889. The molecule has 1 aromatic carbocycles. The van der Waals surface area contributed by atoms with Crippen LogP contribution in [0.1, 0.15) is 44.8 Å². The summed E-state index contributed by atoms with van der Waals surface area (Å²) in [5, 5.41) is 13.0. The van der Waals surface area contributed by atoms with E-state index in [1.54, 1.807) is 18.2 Å². The maximum atomic E-state index is 11.6. The lowest BCUT2D eigenvalue weighted by Gasteiger charge is -2.35. The summed E-state index contributed by atoms with van der Waals surface area (Å²) in [5.74, 6) is 1.10. The fourth-order valence-electron chi connectivity index (χ4n) is 2.53. The van der Waals surface area contributed by atoms with E-state index >= 15 is 0 Å². The average molecular weight is 291 g/mol. The SMILES string of the molecule is CC1(C)CC(O)c2ccc(OCC(=O)NC3CC3)cc2O1. The highest BCUT2D eigenvalue weighted by Crippen LogP contribution is 2.40. The number of ether oxygens (including phenoxy) is 2. The van der Waals surface area contributed by atoms with Crippen LogP contribution in [0.3, 0.4) is 0 Å². The van der Waals surface area contributed by atoms with Crippen molar-refractivity contribution < 1.29 is 19.4 Å². The molecule has 114 valence electrons. The standard InChI is InChI=1S/C16H21NO4/c1-16(2)8-13(18)12-6-5-11(7-14(12)21-16)20-9-15(19)17-10-3-4-10/h5-7,10,13,18H,3-4,8-9H2,1-2H3,(H,17,19). The summed E-state index contributed by atoms with van der Waals surface area (Å²) in [5.41, 5.74) is 0.359. The van der Waals surface area contributed by atoms with Crippen LogP contribution in [-0.2, 0) is 4.79 Å². The lowest BCUT2D eigenvalue weighted by molar-refractivity contribution is -0.123. The maximum Gasteiger partial charge on any atom is 0.258 e. The van der Waals surface area contributed by atoms with E-state index in [1.807, 2.05) is 13.8 Å². The largest absolute Gasteiger partial charge is 0.487 e. The molecule has 1 aromatic rings. The minimum Gasteiger partial charge on any atom is -0.487 e. The van der Waals surface area contributed by atoms with E-state index in [-0.39, 0.29) is 12.5 Å². The Morgan fingerprint density at radius 3 is 2.95 bits per heavy atom. The predicted molar refractivity (Wildman–Crippen MR) is 77.4 cm³/mol. The van der Waals surface area contributed by atoms with Crippen LogP contribution in [-0.4, -0.2) is 29.3 Å². The minimum atomic E-state index is -0.532. The zero-order chi connectivity index (χ0) is 15.0. The maximum absolute atomic E-state index is 11.6. The summed E-state index contributed by atoms with van der Waals surface area (Å²) in [6.07, 6.45) is 2.15. The summed E-state index contributed by atoms with van der Waals surface area (Å²) in [6.45, 7) is 3.88. The fraction of sp³-hybridized carbons (Fsp3) is 0.562. The third-order valence-corrected chi connectivity index (χ3v) is 3.73. The van der Waals surface area contributed by atoms with Gasteiger partial charge in [0, 0.05) is 24.1 Å². The Morgan fingerprint density at radius 1 is 1.48 bits per heavy atom. The molecular weight excluding hydrogens is 270 g/mol. The molecule has 0 bridgehead atoms. The van der Waals surface area contributed by atoms with E-state index in [1.165, 1.54) is 0 Å². The average Bonchev–Trinajstić information content (AvgIpc) is 3.18. The van der Waals surface area contributed by atoms with Gasteiger partial charge in [-0.1, -0.05) is 0 Å². The summed E-state index contributed by atoms with van der Waals surface area (Å²) in [7, 11) is 0. The predicted octanol–water partition coefficient (Wildman–Crippen LogP) is 1.94. The molecule has 3 rings (SSSR count). The van der Waals surface area contributed by atoms with Crippen LogP contribution in [0, 0.1) is 0 Å². The Hall–Kier alpha value is -1.75. The van der Waals surface area contributed by atoms with Gasteiger partial charge in [0.1, 0.15) is 17.1 Å². The molecule has 1 fully saturated rings. The van der Waals surface area contributed by atoms with Crippen molar-refractivity contribution in [3.05, 3.63) is 23.8 Å². The summed E-state index contributed by atoms with van der Waals surface area (Å²) in [4.78, 5) is 11.6. The van der Waals surface area contributed by atoms with E-state index in [0.717, 1.165) is 18.4 Å². The normalized spacial score (nSPS) is 22.9. The first-order chi connectivity index (χ1) is 9.93. The minimum absolute atomic E-state index is 0.00122. The van der Waals surface area contributed by atoms with Crippen LogP contribution in [0.5, 0.6) is 11.5 Å². The smallest absolute Gasteiger partial charge is 0.258 e. The second-order valence-corrected chi connectivity index (χ2v) is 6.41. The van der Waals surface area contributed by atoms with Gasteiger partial charge in [-0.05, 0) is 38.8 Å². The summed E-state index contributed by atoms with van der Waals surface area (Å²) >= 11 is 0. The van der Waals surface area contributed by atoms with E-state index in [2.05, 4.69) is 5.32 Å². The number of rotatable bonds is 4. The first-order valence-corrected chi connectivity index (χ1v) is 7.36.